The molecule has 0 aromatic carbocycles. The molecular formula is C14H28N2O2. The predicted octanol–water partition coefficient (Wildman–Crippen LogP) is 1.79. The lowest BCUT2D eigenvalue weighted by atomic mass is 10.1. The van der Waals surface area contributed by atoms with Crippen LogP contribution in [0.1, 0.15) is 46.0 Å². The average molecular weight is 256 g/mol. The smallest absolute Gasteiger partial charge is 0.305 e. The third-order valence-corrected chi connectivity index (χ3v) is 3.59. The molecule has 0 amide bonds. The van der Waals surface area contributed by atoms with Crippen molar-refractivity contribution in [3.8, 4) is 0 Å². The number of likely N-dealkylation sites (N-methyl/N-ethyl adjacent to an activating group) is 1. The maximum atomic E-state index is 11.2. The maximum absolute atomic E-state index is 11.2. The first-order chi connectivity index (χ1) is 8.77. The fourth-order valence-corrected chi connectivity index (χ4v) is 2.54. The van der Waals surface area contributed by atoms with Crippen molar-refractivity contribution in [3.63, 3.8) is 0 Å². The Balaban J connectivity index is 2.03. The van der Waals surface area contributed by atoms with Gasteiger partial charge in [0.2, 0.25) is 0 Å². The van der Waals surface area contributed by atoms with Crippen molar-refractivity contribution in [3.05, 3.63) is 0 Å². The van der Waals surface area contributed by atoms with Gasteiger partial charge in [0, 0.05) is 19.0 Å². The summed E-state index contributed by atoms with van der Waals surface area (Å²) < 4.78 is 4.91. The zero-order valence-corrected chi connectivity index (χ0v) is 11.9. The highest BCUT2D eigenvalue weighted by atomic mass is 16.5. The van der Waals surface area contributed by atoms with E-state index in [0.717, 1.165) is 45.1 Å². The number of esters is 1. The summed E-state index contributed by atoms with van der Waals surface area (Å²) in [4.78, 5) is 13.7. The van der Waals surface area contributed by atoms with Gasteiger partial charge in [-0.2, -0.15) is 0 Å². The highest BCUT2D eigenvalue weighted by Crippen LogP contribution is 2.10. The van der Waals surface area contributed by atoms with Gasteiger partial charge in [-0.1, -0.05) is 13.3 Å². The fraction of sp³-hybridized carbons (Fsp3) is 0.929. The Hall–Kier alpha value is -0.610. The van der Waals surface area contributed by atoms with E-state index < -0.39 is 0 Å². The van der Waals surface area contributed by atoms with Gasteiger partial charge in [-0.05, 0) is 45.8 Å². The minimum atomic E-state index is -0.0511. The summed E-state index contributed by atoms with van der Waals surface area (Å²) in [6.07, 6.45) is 5.11. The molecule has 18 heavy (non-hydrogen) atoms. The highest BCUT2D eigenvalue weighted by Gasteiger charge is 2.20. The maximum Gasteiger partial charge on any atom is 0.305 e. The van der Waals surface area contributed by atoms with Gasteiger partial charge >= 0.3 is 5.97 Å². The lowest BCUT2D eigenvalue weighted by Crippen LogP contribution is -2.37. The molecule has 1 rings (SSSR count). The molecular weight excluding hydrogens is 228 g/mol. The van der Waals surface area contributed by atoms with Crippen molar-refractivity contribution >= 4 is 5.97 Å². The van der Waals surface area contributed by atoms with Crippen LogP contribution >= 0.6 is 0 Å². The van der Waals surface area contributed by atoms with Gasteiger partial charge in [-0.15, -0.1) is 0 Å². The summed E-state index contributed by atoms with van der Waals surface area (Å²) in [5.74, 6) is -0.0511. The van der Waals surface area contributed by atoms with Crippen LogP contribution in [0.5, 0.6) is 0 Å². The van der Waals surface area contributed by atoms with E-state index in [9.17, 15) is 4.79 Å². The summed E-state index contributed by atoms with van der Waals surface area (Å²) in [5, 5.41) is 3.41. The zero-order valence-electron chi connectivity index (χ0n) is 11.9. The second-order valence-electron chi connectivity index (χ2n) is 4.89. The number of carbonyl (C=O) groups excluding carboxylic acids is 1. The molecule has 4 heteroatoms. The number of hydrogen-bond acceptors (Lipinski definition) is 4. The van der Waals surface area contributed by atoms with E-state index in [4.69, 9.17) is 4.74 Å². The Bertz CT molecular complexity index is 228. The number of nitrogens with zero attached hydrogens (tertiary/aromatic N) is 1. The third-order valence-electron chi connectivity index (χ3n) is 3.59. The molecule has 1 saturated heterocycles. The SMILES string of the molecule is CCOC(=O)CCCCCN(CC)C1CCNC1. The van der Waals surface area contributed by atoms with Crippen LogP contribution < -0.4 is 5.32 Å². The van der Waals surface area contributed by atoms with Crippen LogP contribution in [0.15, 0.2) is 0 Å². The van der Waals surface area contributed by atoms with Gasteiger partial charge < -0.3 is 10.1 Å². The first-order valence-electron chi connectivity index (χ1n) is 7.38. The molecule has 1 aliphatic rings. The molecule has 0 radical (unpaired) electrons. The fourth-order valence-electron chi connectivity index (χ4n) is 2.54. The second kappa shape index (κ2) is 9.34. The third kappa shape index (κ3) is 5.83. The molecule has 0 aliphatic carbocycles. The van der Waals surface area contributed by atoms with Crippen LogP contribution in [0.25, 0.3) is 0 Å². The highest BCUT2D eigenvalue weighted by molar-refractivity contribution is 5.69. The Labute approximate surface area is 111 Å². The quantitative estimate of drug-likeness (QED) is 0.504. The van der Waals surface area contributed by atoms with Crippen molar-refractivity contribution in [1.82, 2.24) is 10.2 Å². The molecule has 4 nitrogen and oxygen atoms in total. The lowest BCUT2D eigenvalue weighted by Gasteiger charge is -2.26. The van der Waals surface area contributed by atoms with Crippen LogP contribution in [0, 0.1) is 0 Å². The van der Waals surface area contributed by atoms with Gasteiger partial charge in [-0.25, -0.2) is 0 Å². The Morgan fingerprint density at radius 2 is 2.17 bits per heavy atom. The van der Waals surface area contributed by atoms with Crippen LogP contribution in [-0.2, 0) is 9.53 Å². The minimum absolute atomic E-state index is 0.0511. The molecule has 0 bridgehead atoms. The molecule has 1 atom stereocenters. The molecule has 1 fully saturated rings. The summed E-state index contributed by atoms with van der Waals surface area (Å²) in [6, 6.07) is 0.722. The summed E-state index contributed by atoms with van der Waals surface area (Å²) in [7, 11) is 0. The minimum Gasteiger partial charge on any atom is -0.466 e. The topological polar surface area (TPSA) is 41.6 Å². The molecule has 1 aliphatic heterocycles. The summed E-state index contributed by atoms with van der Waals surface area (Å²) in [6.45, 7) is 9.16. The Kier molecular flexibility index (Phi) is 8.01. The van der Waals surface area contributed by atoms with E-state index in [-0.39, 0.29) is 5.97 Å². The molecule has 1 heterocycles. The van der Waals surface area contributed by atoms with Gasteiger partial charge in [-0.3, -0.25) is 9.69 Å². The number of ether oxygens (including phenoxy) is 1. The van der Waals surface area contributed by atoms with Crippen LogP contribution in [0.2, 0.25) is 0 Å². The normalized spacial score (nSPS) is 19.4. The molecule has 1 unspecified atom stereocenters. The van der Waals surface area contributed by atoms with Crippen molar-refractivity contribution in [2.24, 2.45) is 0 Å². The van der Waals surface area contributed by atoms with E-state index >= 15 is 0 Å². The van der Waals surface area contributed by atoms with Crippen molar-refractivity contribution < 1.29 is 9.53 Å². The molecule has 0 spiro atoms. The van der Waals surface area contributed by atoms with Crippen molar-refractivity contribution in [2.75, 3.05) is 32.8 Å². The number of nitrogens with one attached hydrogen (secondary N) is 1. The number of hydrogen-bond donors (Lipinski definition) is 1. The molecule has 106 valence electrons. The average Bonchev–Trinajstić information content (AvgIpc) is 2.88. The Morgan fingerprint density at radius 1 is 1.33 bits per heavy atom. The van der Waals surface area contributed by atoms with Crippen LogP contribution in [0.3, 0.4) is 0 Å². The van der Waals surface area contributed by atoms with E-state index in [2.05, 4.69) is 17.1 Å². The van der Waals surface area contributed by atoms with Crippen LogP contribution in [-0.4, -0.2) is 49.7 Å². The molecule has 1 N–H and O–H groups in total. The predicted molar refractivity (Wildman–Crippen MR) is 73.6 cm³/mol. The monoisotopic (exact) mass is 256 g/mol. The number of rotatable bonds is 9. The van der Waals surface area contributed by atoms with Gasteiger partial charge in [0.15, 0.2) is 0 Å². The largest absolute Gasteiger partial charge is 0.466 e. The van der Waals surface area contributed by atoms with Gasteiger partial charge in [0.25, 0.3) is 0 Å². The van der Waals surface area contributed by atoms with Crippen molar-refractivity contribution in [2.45, 2.75) is 52.0 Å². The van der Waals surface area contributed by atoms with Gasteiger partial charge in [0.05, 0.1) is 6.61 Å². The van der Waals surface area contributed by atoms with Gasteiger partial charge in [0.1, 0.15) is 0 Å². The summed E-state index contributed by atoms with van der Waals surface area (Å²) in [5.41, 5.74) is 0. The first-order valence-corrected chi connectivity index (χ1v) is 7.38. The van der Waals surface area contributed by atoms with Crippen LogP contribution in [0.4, 0.5) is 0 Å². The van der Waals surface area contributed by atoms with E-state index in [1.165, 1.54) is 12.8 Å². The first kappa shape index (κ1) is 15.4. The molecule has 0 aromatic rings. The second-order valence-corrected chi connectivity index (χ2v) is 4.89. The van der Waals surface area contributed by atoms with E-state index in [0.29, 0.717) is 13.0 Å². The zero-order chi connectivity index (χ0) is 13.2. The lowest BCUT2D eigenvalue weighted by molar-refractivity contribution is -0.143. The molecule has 0 aromatic heterocycles. The Morgan fingerprint density at radius 3 is 2.78 bits per heavy atom. The number of carbonyl (C=O) groups is 1. The van der Waals surface area contributed by atoms with E-state index in [1.54, 1.807) is 0 Å². The van der Waals surface area contributed by atoms with E-state index in [1.807, 2.05) is 6.92 Å². The summed E-state index contributed by atoms with van der Waals surface area (Å²) >= 11 is 0. The number of unbranched alkanes of at least 4 members (excludes halogenated alkanes) is 2. The standard InChI is InChI=1S/C14H28N2O2/c1-3-16(13-9-10-15-12-13)11-7-5-6-8-14(17)18-4-2/h13,15H,3-12H2,1-2H3. The molecule has 0 saturated carbocycles. The van der Waals surface area contributed by atoms with Crippen molar-refractivity contribution in [1.29, 1.82) is 0 Å².